The molecule has 1 atom stereocenters. The fraction of sp³-hybridized carbons (Fsp3) is 0.467. The molecule has 1 aromatic carbocycles. The quantitative estimate of drug-likeness (QED) is 0.838. The Balaban J connectivity index is 0.00000220. The number of benzene rings is 1. The Hall–Kier alpha value is -1.59. The molecule has 5 nitrogen and oxygen atoms in total. The Morgan fingerprint density at radius 2 is 2.19 bits per heavy atom. The van der Waals surface area contributed by atoms with Crippen LogP contribution in [0, 0.1) is 0 Å². The van der Waals surface area contributed by atoms with E-state index in [0.717, 1.165) is 25.8 Å². The van der Waals surface area contributed by atoms with Crippen molar-refractivity contribution in [2.24, 2.45) is 0 Å². The number of carbonyl (C=O) groups excluding carboxylic acids is 2. The fourth-order valence-corrected chi connectivity index (χ4v) is 2.24. The standard InChI is InChI=1S/C15H20N2O3.ClH/c1-2-20-15(19)11-6-5-7-12(10-11)17-14(18)13-8-3-4-9-16-13;/h5-7,10,13,16H,2-4,8-9H2,1H3,(H,17,18);1H. The van der Waals surface area contributed by atoms with Crippen molar-refractivity contribution in [1.82, 2.24) is 5.32 Å². The van der Waals surface area contributed by atoms with Crippen LogP contribution in [0.25, 0.3) is 0 Å². The summed E-state index contributed by atoms with van der Waals surface area (Å²) < 4.78 is 4.94. The minimum absolute atomic E-state index is 0. The van der Waals surface area contributed by atoms with Gasteiger partial charge < -0.3 is 15.4 Å². The second-order valence-electron chi connectivity index (χ2n) is 4.79. The average Bonchev–Trinajstić information content (AvgIpc) is 2.48. The monoisotopic (exact) mass is 312 g/mol. The van der Waals surface area contributed by atoms with Crippen molar-refractivity contribution in [3.63, 3.8) is 0 Å². The summed E-state index contributed by atoms with van der Waals surface area (Å²) in [6, 6.07) is 6.67. The van der Waals surface area contributed by atoms with E-state index in [2.05, 4.69) is 10.6 Å². The van der Waals surface area contributed by atoms with E-state index in [1.807, 2.05) is 0 Å². The van der Waals surface area contributed by atoms with Crippen LogP contribution in [-0.2, 0) is 9.53 Å². The SMILES string of the molecule is CCOC(=O)c1cccc(NC(=O)C2CCCCN2)c1.Cl. The van der Waals surface area contributed by atoms with Crippen molar-refractivity contribution in [1.29, 1.82) is 0 Å². The fourth-order valence-electron chi connectivity index (χ4n) is 2.24. The maximum absolute atomic E-state index is 12.1. The molecule has 21 heavy (non-hydrogen) atoms. The van der Waals surface area contributed by atoms with Crippen molar-refractivity contribution >= 4 is 30.0 Å². The van der Waals surface area contributed by atoms with E-state index in [4.69, 9.17) is 4.74 Å². The normalized spacial score (nSPS) is 17.5. The molecule has 1 aromatic rings. The van der Waals surface area contributed by atoms with E-state index < -0.39 is 0 Å². The van der Waals surface area contributed by atoms with Crippen LogP contribution in [0.15, 0.2) is 24.3 Å². The molecule has 0 spiro atoms. The molecule has 1 heterocycles. The Morgan fingerprint density at radius 3 is 2.86 bits per heavy atom. The summed E-state index contributed by atoms with van der Waals surface area (Å²) >= 11 is 0. The Bertz CT molecular complexity index is 488. The Kier molecular flexibility index (Phi) is 7.19. The minimum atomic E-state index is -0.376. The van der Waals surface area contributed by atoms with E-state index in [-0.39, 0.29) is 30.3 Å². The van der Waals surface area contributed by atoms with Gasteiger partial charge in [0.1, 0.15) is 0 Å². The van der Waals surface area contributed by atoms with E-state index >= 15 is 0 Å². The summed E-state index contributed by atoms with van der Waals surface area (Å²) in [5, 5.41) is 6.03. The number of amides is 1. The first-order chi connectivity index (χ1) is 9.70. The van der Waals surface area contributed by atoms with Crippen LogP contribution in [0.1, 0.15) is 36.5 Å². The lowest BCUT2D eigenvalue weighted by molar-refractivity contribution is -0.118. The highest BCUT2D eigenvalue weighted by atomic mass is 35.5. The highest BCUT2D eigenvalue weighted by molar-refractivity contribution is 5.97. The van der Waals surface area contributed by atoms with Gasteiger partial charge in [0.15, 0.2) is 0 Å². The number of ether oxygens (including phenoxy) is 1. The summed E-state index contributed by atoms with van der Waals surface area (Å²) in [4.78, 5) is 23.7. The number of hydrogen-bond donors (Lipinski definition) is 2. The average molecular weight is 313 g/mol. The topological polar surface area (TPSA) is 67.4 Å². The molecule has 0 aromatic heterocycles. The van der Waals surface area contributed by atoms with E-state index in [0.29, 0.717) is 17.9 Å². The second-order valence-corrected chi connectivity index (χ2v) is 4.79. The van der Waals surface area contributed by atoms with Gasteiger partial charge in [0, 0.05) is 5.69 Å². The first-order valence-electron chi connectivity index (χ1n) is 7.02. The highest BCUT2D eigenvalue weighted by Gasteiger charge is 2.20. The molecule has 1 fully saturated rings. The Morgan fingerprint density at radius 1 is 1.38 bits per heavy atom. The number of esters is 1. The van der Waals surface area contributed by atoms with Gasteiger partial charge in [-0.15, -0.1) is 12.4 Å². The van der Waals surface area contributed by atoms with Crippen LogP contribution in [0.4, 0.5) is 5.69 Å². The lowest BCUT2D eigenvalue weighted by atomic mass is 10.0. The zero-order chi connectivity index (χ0) is 14.4. The van der Waals surface area contributed by atoms with E-state index in [1.165, 1.54) is 0 Å². The summed E-state index contributed by atoms with van der Waals surface area (Å²) in [5.74, 6) is -0.426. The molecular formula is C15H21ClN2O3. The van der Waals surface area contributed by atoms with Crippen molar-refractivity contribution in [2.45, 2.75) is 32.2 Å². The number of carbonyl (C=O) groups is 2. The lowest BCUT2D eigenvalue weighted by Crippen LogP contribution is -2.43. The molecule has 1 amide bonds. The number of anilines is 1. The molecule has 1 saturated heterocycles. The molecule has 6 heteroatoms. The van der Waals surface area contributed by atoms with Crippen LogP contribution in [-0.4, -0.2) is 31.1 Å². The van der Waals surface area contributed by atoms with Crippen LogP contribution in [0.2, 0.25) is 0 Å². The predicted molar refractivity (Wildman–Crippen MR) is 83.9 cm³/mol. The van der Waals surface area contributed by atoms with Gasteiger partial charge in [0.2, 0.25) is 5.91 Å². The molecule has 116 valence electrons. The van der Waals surface area contributed by atoms with Crippen LogP contribution < -0.4 is 10.6 Å². The summed E-state index contributed by atoms with van der Waals surface area (Å²) in [5.41, 5.74) is 1.06. The summed E-state index contributed by atoms with van der Waals surface area (Å²) in [6.45, 7) is 2.97. The van der Waals surface area contributed by atoms with Crippen molar-refractivity contribution < 1.29 is 14.3 Å². The van der Waals surface area contributed by atoms with Gasteiger partial charge in [-0.25, -0.2) is 4.79 Å². The number of halogens is 1. The first kappa shape index (κ1) is 17.5. The molecule has 1 unspecified atom stereocenters. The Labute approximate surface area is 130 Å². The molecule has 0 saturated carbocycles. The van der Waals surface area contributed by atoms with E-state index in [9.17, 15) is 9.59 Å². The van der Waals surface area contributed by atoms with Gasteiger partial charge in [-0.1, -0.05) is 12.5 Å². The largest absolute Gasteiger partial charge is 0.462 e. The molecule has 0 bridgehead atoms. The smallest absolute Gasteiger partial charge is 0.338 e. The highest BCUT2D eigenvalue weighted by Crippen LogP contribution is 2.14. The first-order valence-corrected chi connectivity index (χ1v) is 7.02. The molecule has 2 rings (SSSR count). The predicted octanol–water partition coefficient (Wildman–Crippen LogP) is 2.37. The zero-order valence-corrected chi connectivity index (χ0v) is 12.9. The number of hydrogen-bond acceptors (Lipinski definition) is 4. The van der Waals surface area contributed by atoms with Gasteiger partial charge in [-0.2, -0.15) is 0 Å². The third-order valence-corrected chi connectivity index (χ3v) is 3.27. The molecule has 0 aliphatic carbocycles. The maximum Gasteiger partial charge on any atom is 0.338 e. The number of rotatable bonds is 4. The van der Waals surface area contributed by atoms with Gasteiger partial charge in [0.25, 0.3) is 0 Å². The van der Waals surface area contributed by atoms with Gasteiger partial charge >= 0.3 is 5.97 Å². The van der Waals surface area contributed by atoms with E-state index in [1.54, 1.807) is 31.2 Å². The summed E-state index contributed by atoms with van der Waals surface area (Å²) in [6.07, 6.45) is 3.03. The maximum atomic E-state index is 12.1. The van der Waals surface area contributed by atoms with Crippen molar-refractivity contribution in [3.8, 4) is 0 Å². The molecule has 1 aliphatic rings. The van der Waals surface area contributed by atoms with Crippen LogP contribution >= 0.6 is 12.4 Å². The second kappa shape index (κ2) is 8.64. The van der Waals surface area contributed by atoms with Gasteiger partial charge in [0.05, 0.1) is 18.2 Å². The summed E-state index contributed by atoms with van der Waals surface area (Å²) in [7, 11) is 0. The van der Waals surface area contributed by atoms with Crippen molar-refractivity contribution in [2.75, 3.05) is 18.5 Å². The molecule has 1 aliphatic heterocycles. The molecular weight excluding hydrogens is 292 g/mol. The molecule has 0 radical (unpaired) electrons. The van der Waals surface area contributed by atoms with Gasteiger partial charge in [-0.05, 0) is 44.5 Å². The van der Waals surface area contributed by atoms with Gasteiger partial charge in [-0.3, -0.25) is 4.79 Å². The van der Waals surface area contributed by atoms with Crippen LogP contribution in [0.3, 0.4) is 0 Å². The third kappa shape index (κ3) is 5.02. The number of piperidine rings is 1. The zero-order valence-electron chi connectivity index (χ0n) is 12.1. The number of nitrogens with one attached hydrogen (secondary N) is 2. The molecule has 2 N–H and O–H groups in total. The van der Waals surface area contributed by atoms with Crippen LogP contribution in [0.5, 0.6) is 0 Å². The van der Waals surface area contributed by atoms with Crippen molar-refractivity contribution in [3.05, 3.63) is 29.8 Å². The third-order valence-electron chi connectivity index (χ3n) is 3.27. The lowest BCUT2D eigenvalue weighted by Gasteiger charge is -2.22. The minimum Gasteiger partial charge on any atom is -0.462 e.